The van der Waals surface area contributed by atoms with E-state index in [4.69, 9.17) is 4.74 Å². The molecule has 0 aliphatic carbocycles. The molecule has 0 amide bonds. The topological polar surface area (TPSA) is 64.9 Å². The fraction of sp³-hybridized carbons (Fsp3) is 0.250. The lowest BCUT2D eigenvalue weighted by Crippen LogP contribution is -2.17. The molecule has 3 heterocycles. The Morgan fingerprint density at radius 1 is 1.22 bits per heavy atom. The molecule has 3 aromatic heterocycles. The second-order valence-electron chi connectivity index (χ2n) is 6.26. The Hall–Kier alpha value is -2.93. The van der Waals surface area contributed by atoms with Crippen molar-refractivity contribution in [3.63, 3.8) is 0 Å². The van der Waals surface area contributed by atoms with Gasteiger partial charge < -0.3 is 14.6 Å². The lowest BCUT2D eigenvalue weighted by Gasteiger charge is -2.20. The second kappa shape index (κ2) is 7.36. The Morgan fingerprint density at radius 3 is 2.85 bits per heavy atom. The maximum Gasteiger partial charge on any atom is 0.139 e. The van der Waals surface area contributed by atoms with Gasteiger partial charge in [-0.25, -0.2) is 15.0 Å². The number of imidazole rings is 1. The standard InChI is InChI=1S/C20H21N5OS/c1-4-15-11-16-18(22-12-23-20(16)27-15)24-17(19-21-8-9-25(19)2)13-6-5-7-14(10-13)26-3/h5-12,17H,4H2,1-3H3,(H,22,23,24). The van der Waals surface area contributed by atoms with Gasteiger partial charge in [0, 0.05) is 24.3 Å². The fourth-order valence-electron chi connectivity index (χ4n) is 3.10. The molecule has 27 heavy (non-hydrogen) atoms. The lowest BCUT2D eigenvalue weighted by molar-refractivity contribution is 0.414. The molecule has 1 aromatic carbocycles. The molecule has 1 N–H and O–H groups in total. The first-order chi connectivity index (χ1) is 13.2. The summed E-state index contributed by atoms with van der Waals surface area (Å²) >= 11 is 1.71. The van der Waals surface area contributed by atoms with E-state index in [0.717, 1.165) is 39.6 Å². The van der Waals surface area contributed by atoms with Crippen molar-refractivity contribution in [2.75, 3.05) is 12.4 Å². The van der Waals surface area contributed by atoms with Crippen molar-refractivity contribution in [3.05, 3.63) is 65.3 Å². The first kappa shape index (κ1) is 17.5. The van der Waals surface area contributed by atoms with Crippen molar-refractivity contribution in [2.24, 2.45) is 7.05 Å². The van der Waals surface area contributed by atoms with Gasteiger partial charge in [-0.2, -0.15) is 0 Å². The van der Waals surface area contributed by atoms with Crippen LogP contribution in [-0.4, -0.2) is 26.6 Å². The van der Waals surface area contributed by atoms with E-state index in [-0.39, 0.29) is 6.04 Å². The number of methoxy groups -OCH3 is 1. The summed E-state index contributed by atoms with van der Waals surface area (Å²) in [5.41, 5.74) is 1.06. The number of nitrogens with zero attached hydrogens (tertiary/aromatic N) is 4. The number of anilines is 1. The van der Waals surface area contributed by atoms with E-state index < -0.39 is 0 Å². The number of aryl methyl sites for hydroxylation is 2. The van der Waals surface area contributed by atoms with Crippen LogP contribution in [0.25, 0.3) is 10.2 Å². The Bertz CT molecular complexity index is 1070. The molecular formula is C20H21N5OS. The highest BCUT2D eigenvalue weighted by Crippen LogP contribution is 2.33. The average Bonchev–Trinajstić information content (AvgIpc) is 3.32. The first-order valence-electron chi connectivity index (χ1n) is 8.80. The molecule has 0 bridgehead atoms. The first-order valence-corrected chi connectivity index (χ1v) is 9.62. The molecule has 0 radical (unpaired) electrons. The molecule has 0 saturated carbocycles. The Kier molecular flexibility index (Phi) is 4.77. The van der Waals surface area contributed by atoms with Crippen LogP contribution in [-0.2, 0) is 13.5 Å². The molecule has 0 saturated heterocycles. The van der Waals surface area contributed by atoms with Crippen molar-refractivity contribution in [3.8, 4) is 5.75 Å². The third-order valence-corrected chi connectivity index (χ3v) is 5.74. The zero-order chi connectivity index (χ0) is 18.8. The summed E-state index contributed by atoms with van der Waals surface area (Å²) in [7, 11) is 3.67. The highest BCUT2D eigenvalue weighted by molar-refractivity contribution is 7.18. The van der Waals surface area contributed by atoms with Crippen LogP contribution in [0.3, 0.4) is 0 Å². The maximum atomic E-state index is 5.41. The van der Waals surface area contributed by atoms with Gasteiger partial charge in [-0.3, -0.25) is 0 Å². The second-order valence-corrected chi connectivity index (χ2v) is 7.37. The van der Waals surface area contributed by atoms with E-state index in [1.807, 2.05) is 36.0 Å². The van der Waals surface area contributed by atoms with Crippen LogP contribution in [0.2, 0.25) is 0 Å². The monoisotopic (exact) mass is 379 g/mol. The van der Waals surface area contributed by atoms with E-state index in [2.05, 4.69) is 39.3 Å². The van der Waals surface area contributed by atoms with Crippen molar-refractivity contribution >= 4 is 27.4 Å². The van der Waals surface area contributed by atoms with E-state index in [1.54, 1.807) is 31.0 Å². The molecule has 7 heteroatoms. The summed E-state index contributed by atoms with van der Waals surface area (Å²) in [5, 5.41) is 4.63. The summed E-state index contributed by atoms with van der Waals surface area (Å²) in [5.74, 6) is 2.53. The quantitative estimate of drug-likeness (QED) is 0.544. The zero-order valence-electron chi connectivity index (χ0n) is 15.5. The lowest BCUT2D eigenvalue weighted by atomic mass is 10.1. The molecule has 0 aliphatic heterocycles. The number of thiophene rings is 1. The molecule has 6 nitrogen and oxygen atoms in total. The van der Waals surface area contributed by atoms with E-state index in [0.29, 0.717) is 0 Å². The van der Waals surface area contributed by atoms with Gasteiger partial charge in [0.15, 0.2) is 0 Å². The van der Waals surface area contributed by atoms with E-state index >= 15 is 0 Å². The number of hydrogen-bond donors (Lipinski definition) is 1. The molecular weight excluding hydrogens is 358 g/mol. The summed E-state index contributed by atoms with van der Waals surface area (Å²) < 4.78 is 7.43. The molecule has 4 rings (SSSR count). The van der Waals surface area contributed by atoms with Crippen LogP contribution in [0, 0.1) is 0 Å². The summed E-state index contributed by atoms with van der Waals surface area (Å²) in [6.07, 6.45) is 6.35. The van der Waals surface area contributed by atoms with Crippen LogP contribution in [0.4, 0.5) is 5.82 Å². The number of ether oxygens (including phenoxy) is 1. The van der Waals surface area contributed by atoms with Crippen LogP contribution >= 0.6 is 11.3 Å². The minimum Gasteiger partial charge on any atom is -0.497 e. The summed E-state index contributed by atoms with van der Waals surface area (Å²) in [6, 6.07) is 10.0. The van der Waals surface area contributed by atoms with Gasteiger partial charge in [-0.1, -0.05) is 19.1 Å². The van der Waals surface area contributed by atoms with Gasteiger partial charge in [0.1, 0.15) is 34.6 Å². The molecule has 0 fully saturated rings. The molecule has 138 valence electrons. The SMILES string of the molecule is CCc1cc2c(NC(c3cccc(OC)c3)c3nccn3C)ncnc2s1. The molecule has 0 spiro atoms. The minimum absolute atomic E-state index is 0.164. The van der Waals surface area contributed by atoms with Crippen LogP contribution in [0.15, 0.2) is 49.1 Å². The number of benzene rings is 1. The summed E-state index contributed by atoms with van der Waals surface area (Å²) in [6.45, 7) is 2.15. The number of hydrogen-bond acceptors (Lipinski definition) is 6. The predicted octanol–water partition coefficient (Wildman–Crippen LogP) is 4.20. The Balaban J connectivity index is 1.80. The number of fused-ring (bicyclic) bond motifs is 1. The minimum atomic E-state index is -0.164. The zero-order valence-corrected chi connectivity index (χ0v) is 16.3. The molecule has 0 aliphatic rings. The van der Waals surface area contributed by atoms with Crippen molar-refractivity contribution in [1.82, 2.24) is 19.5 Å². The Labute approximate surface area is 161 Å². The number of rotatable bonds is 6. The smallest absolute Gasteiger partial charge is 0.139 e. The third kappa shape index (κ3) is 3.38. The van der Waals surface area contributed by atoms with Crippen molar-refractivity contribution in [1.29, 1.82) is 0 Å². The van der Waals surface area contributed by atoms with Gasteiger partial charge in [0.05, 0.1) is 12.5 Å². The van der Waals surface area contributed by atoms with Gasteiger partial charge in [0.25, 0.3) is 0 Å². The van der Waals surface area contributed by atoms with Crippen molar-refractivity contribution < 1.29 is 4.74 Å². The normalized spacial score (nSPS) is 12.3. The van der Waals surface area contributed by atoms with Crippen LogP contribution in [0.5, 0.6) is 5.75 Å². The van der Waals surface area contributed by atoms with Gasteiger partial charge >= 0.3 is 0 Å². The van der Waals surface area contributed by atoms with Crippen molar-refractivity contribution in [2.45, 2.75) is 19.4 Å². The Morgan fingerprint density at radius 2 is 2.11 bits per heavy atom. The molecule has 4 aromatic rings. The average molecular weight is 379 g/mol. The molecule has 1 unspecified atom stereocenters. The largest absolute Gasteiger partial charge is 0.497 e. The highest BCUT2D eigenvalue weighted by atomic mass is 32.1. The summed E-state index contributed by atoms with van der Waals surface area (Å²) in [4.78, 5) is 15.8. The van der Waals surface area contributed by atoms with Crippen LogP contribution in [0.1, 0.15) is 29.2 Å². The maximum absolute atomic E-state index is 5.41. The predicted molar refractivity (Wildman–Crippen MR) is 108 cm³/mol. The van der Waals surface area contributed by atoms with Gasteiger partial charge in [0.2, 0.25) is 0 Å². The van der Waals surface area contributed by atoms with Gasteiger partial charge in [-0.15, -0.1) is 11.3 Å². The van der Waals surface area contributed by atoms with Crippen LogP contribution < -0.4 is 10.1 Å². The highest BCUT2D eigenvalue weighted by Gasteiger charge is 2.21. The van der Waals surface area contributed by atoms with E-state index in [1.165, 1.54) is 4.88 Å². The third-order valence-electron chi connectivity index (χ3n) is 4.55. The number of aromatic nitrogens is 4. The number of nitrogens with one attached hydrogen (secondary N) is 1. The molecule has 1 atom stereocenters. The van der Waals surface area contributed by atoms with E-state index in [9.17, 15) is 0 Å². The fourth-order valence-corrected chi connectivity index (χ4v) is 4.04. The van der Waals surface area contributed by atoms with Gasteiger partial charge in [-0.05, 0) is 30.2 Å².